The molecular formula is C9H19N3O2S2. The smallest absolute Gasteiger partial charge is 0.279 e. The van der Waals surface area contributed by atoms with Gasteiger partial charge in [-0.15, -0.1) is 0 Å². The Morgan fingerprint density at radius 3 is 2.38 bits per heavy atom. The molecule has 1 saturated heterocycles. The van der Waals surface area contributed by atoms with Crippen molar-refractivity contribution < 1.29 is 8.42 Å². The molecule has 0 aliphatic carbocycles. The van der Waals surface area contributed by atoms with Gasteiger partial charge in [-0.3, -0.25) is 0 Å². The summed E-state index contributed by atoms with van der Waals surface area (Å²) in [5.41, 5.74) is 5.04. The predicted molar refractivity (Wildman–Crippen MR) is 68.3 cm³/mol. The van der Waals surface area contributed by atoms with Crippen molar-refractivity contribution in [1.29, 1.82) is 0 Å². The monoisotopic (exact) mass is 265 g/mol. The minimum Gasteiger partial charge on any atom is -0.393 e. The minimum absolute atomic E-state index is 0.237. The van der Waals surface area contributed by atoms with Gasteiger partial charge in [0.05, 0.1) is 4.99 Å². The van der Waals surface area contributed by atoms with E-state index in [1.807, 2.05) is 13.8 Å². The van der Waals surface area contributed by atoms with Gasteiger partial charge in [0.2, 0.25) is 0 Å². The molecule has 0 aromatic rings. The third kappa shape index (κ3) is 3.38. The average Bonchev–Trinajstić information content (AvgIpc) is 2.68. The van der Waals surface area contributed by atoms with Crippen LogP contribution in [-0.4, -0.2) is 37.3 Å². The van der Waals surface area contributed by atoms with E-state index in [1.165, 1.54) is 4.31 Å². The van der Waals surface area contributed by atoms with Crippen LogP contribution in [-0.2, 0) is 10.2 Å². The first-order chi connectivity index (χ1) is 7.26. The van der Waals surface area contributed by atoms with Crippen molar-refractivity contribution in [1.82, 2.24) is 9.03 Å². The van der Waals surface area contributed by atoms with E-state index in [-0.39, 0.29) is 6.54 Å². The molecular weight excluding hydrogens is 246 g/mol. The van der Waals surface area contributed by atoms with E-state index in [0.29, 0.717) is 18.1 Å². The van der Waals surface area contributed by atoms with E-state index in [4.69, 9.17) is 18.0 Å². The number of hydrogen-bond acceptors (Lipinski definition) is 3. The summed E-state index contributed by atoms with van der Waals surface area (Å²) in [5.74, 6) is 0. The molecule has 1 aliphatic rings. The molecule has 0 aromatic carbocycles. The van der Waals surface area contributed by atoms with Crippen molar-refractivity contribution in [3.05, 3.63) is 0 Å². The molecule has 1 heterocycles. The molecule has 94 valence electrons. The number of thiocarbonyl (C=S) groups is 1. The third-order valence-electron chi connectivity index (χ3n) is 2.77. The second-order valence-electron chi connectivity index (χ2n) is 4.68. The first kappa shape index (κ1) is 13.8. The molecule has 5 nitrogen and oxygen atoms in total. The molecule has 0 unspecified atom stereocenters. The van der Waals surface area contributed by atoms with E-state index < -0.39 is 15.6 Å². The van der Waals surface area contributed by atoms with Crippen molar-refractivity contribution in [2.24, 2.45) is 11.1 Å². The van der Waals surface area contributed by atoms with Gasteiger partial charge in [0.15, 0.2) is 0 Å². The minimum atomic E-state index is -3.36. The lowest BCUT2D eigenvalue weighted by Gasteiger charge is -2.25. The van der Waals surface area contributed by atoms with Crippen molar-refractivity contribution in [3.8, 4) is 0 Å². The summed E-state index contributed by atoms with van der Waals surface area (Å²) in [7, 11) is -3.36. The fourth-order valence-electron chi connectivity index (χ4n) is 1.38. The molecule has 0 aromatic heterocycles. The van der Waals surface area contributed by atoms with E-state index in [1.54, 1.807) is 0 Å². The van der Waals surface area contributed by atoms with Crippen LogP contribution in [0.4, 0.5) is 0 Å². The lowest BCUT2D eigenvalue weighted by molar-refractivity contribution is 0.444. The zero-order chi connectivity index (χ0) is 12.4. The van der Waals surface area contributed by atoms with Gasteiger partial charge in [-0.05, 0) is 12.8 Å². The van der Waals surface area contributed by atoms with Crippen LogP contribution in [0.1, 0.15) is 26.7 Å². The Kier molecular flexibility index (Phi) is 4.28. The Morgan fingerprint density at radius 1 is 1.44 bits per heavy atom. The van der Waals surface area contributed by atoms with Crippen LogP contribution in [0.5, 0.6) is 0 Å². The predicted octanol–water partition coefficient (Wildman–Crippen LogP) is 0.229. The largest absolute Gasteiger partial charge is 0.393 e. The Bertz CT molecular complexity index is 359. The maximum Gasteiger partial charge on any atom is 0.279 e. The van der Waals surface area contributed by atoms with Gasteiger partial charge >= 0.3 is 0 Å². The number of nitrogens with two attached hydrogens (primary N) is 1. The zero-order valence-electron chi connectivity index (χ0n) is 9.69. The van der Waals surface area contributed by atoms with Crippen molar-refractivity contribution in [2.45, 2.75) is 26.7 Å². The Balaban J connectivity index is 2.57. The third-order valence-corrected chi connectivity index (χ3v) is 4.88. The first-order valence-electron chi connectivity index (χ1n) is 5.30. The molecule has 1 rings (SSSR count). The van der Waals surface area contributed by atoms with Crippen LogP contribution >= 0.6 is 12.2 Å². The molecule has 7 heteroatoms. The zero-order valence-corrected chi connectivity index (χ0v) is 11.3. The average molecular weight is 265 g/mol. The molecule has 0 spiro atoms. The van der Waals surface area contributed by atoms with Crippen LogP contribution in [0, 0.1) is 5.41 Å². The highest BCUT2D eigenvalue weighted by atomic mass is 32.2. The van der Waals surface area contributed by atoms with Gasteiger partial charge in [-0.2, -0.15) is 12.7 Å². The summed E-state index contributed by atoms with van der Waals surface area (Å²) in [4.78, 5) is 0.316. The van der Waals surface area contributed by atoms with Crippen LogP contribution in [0.25, 0.3) is 0 Å². The molecule has 0 radical (unpaired) electrons. The summed E-state index contributed by atoms with van der Waals surface area (Å²) >= 11 is 4.88. The van der Waals surface area contributed by atoms with Crippen molar-refractivity contribution in [2.75, 3.05) is 19.6 Å². The van der Waals surface area contributed by atoms with Gasteiger partial charge in [-0.25, -0.2) is 4.72 Å². The quantitative estimate of drug-likeness (QED) is 0.698. The highest BCUT2D eigenvalue weighted by Gasteiger charge is 2.28. The van der Waals surface area contributed by atoms with Crippen LogP contribution in [0.15, 0.2) is 0 Å². The number of rotatable bonds is 5. The number of hydrogen-bond donors (Lipinski definition) is 2. The van der Waals surface area contributed by atoms with E-state index >= 15 is 0 Å². The van der Waals surface area contributed by atoms with E-state index in [9.17, 15) is 8.42 Å². The van der Waals surface area contributed by atoms with Crippen molar-refractivity contribution >= 4 is 27.4 Å². The number of nitrogens with one attached hydrogen (secondary N) is 1. The lowest BCUT2D eigenvalue weighted by Crippen LogP contribution is -2.46. The lowest BCUT2D eigenvalue weighted by atomic mass is 9.94. The summed E-state index contributed by atoms with van der Waals surface area (Å²) in [6, 6.07) is 0. The molecule has 0 atom stereocenters. The highest BCUT2D eigenvalue weighted by Crippen LogP contribution is 2.16. The molecule has 16 heavy (non-hydrogen) atoms. The Morgan fingerprint density at radius 2 is 1.94 bits per heavy atom. The summed E-state index contributed by atoms with van der Waals surface area (Å²) in [5, 5.41) is 0. The molecule has 0 saturated carbocycles. The maximum atomic E-state index is 11.8. The highest BCUT2D eigenvalue weighted by molar-refractivity contribution is 7.87. The SMILES string of the molecule is CC(C)(CNS(=O)(=O)N1CCCC1)C(N)=S. The second kappa shape index (κ2) is 4.95. The summed E-state index contributed by atoms with van der Waals surface area (Å²) < 4.78 is 27.7. The van der Waals surface area contributed by atoms with E-state index in [2.05, 4.69) is 4.72 Å². The maximum absolute atomic E-state index is 11.8. The van der Waals surface area contributed by atoms with Crippen LogP contribution < -0.4 is 10.5 Å². The van der Waals surface area contributed by atoms with Crippen LogP contribution in [0.3, 0.4) is 0 Å². The topological polar surface area (TPSA) is 75.4 Å². The molecule has 0 amide bonds. The molecule has 0 bridgehead atoms. The fourth-order valence-corrected chi connectivity index (χ4v) is 2.92. The Labute approximate surface area is 103 Å². The van der Waals surface area contributed by atoms with Gasteiger partial charge in [0, 0.05) is 25.0 Å². The molecule has 1 aliphatic heterocycles. The fraction of sp³-hybridized carbons (Fsp3) is 0.889. The van der Waals surface area contributed by atoms with Gasteiger partial charge < -0.3 is 5.73 Å². The Hall–Kier alpha value is -0.240. The van der Waals surface area contributed by atoms with Crippen LogP contribution in [0.2, 0.25) is 0 Å². The van der Waals surface area contributed by atoms with Crippen molar-refractivity contribution in [3.63, 3.8) is 0 Å². The van der Waals surface area contributed by atoms with Gasteiger partial charge in [0.1, 0.15) is 0 Å². The number of nitrogens with zero attached hydrogens (tertiary/aromatic N) is 1. The molecule has 3 N–H and O–H groups in total. The standard InChI is InChI=1S/C9H19N3O2S2/c1-9(2,8(10)15)7-11-16(13,14)12-5-3-4-6-12/h11H,3-7H2,1-2H3,(H2,10,15). The van der Waals surface area contributed by atoms with Gasteiger partial charge in [-0.1, -0.05) is 26.1 Å². The van der Waals surface area contributed by atoms with Gasteiger partial charge in [0.25, 0.3) is 10.2 Å². The van der Waals surface area contributed by atoms with E-state index in [0.717, 1.165) is 12.8 Å². The summed E-state index contributed by atoms with van der Waals surface area (Å²) in [6.07, 6.45) is 1.86. The first-order valence-corrected chi connectivity index (χ1v) is 7.15. The summed E-state index contributed by atoms with van der Waals surface area (Å²) in [6.45, 7) is 5.08. The normalized spacial score (nSPS) is 18.9. The molecule has 1 fully saturated rings. The second-order valence-corrected chi connectivity index (χ2v) is 6.88.